The molecule has 0 atom stereocenters. The summed E-state index contributed by atoms with van der Waals surface area (Å²) in [7, 11) is -1.50. The van der Waals surface area contributed by atoms with Crippen molar-refractivity contribution in [2.24, 2.45) is 0 Å². The number of aromatic nitrogens is 1. The molecule has 18 heavy (non-hydrogen) atoms. The second-order valence-corrected chi connectivity index (χ2v) is 4.58. The highest BCUT2D eigenvalue weighted by atomic mass is 16.5. The smallest absolute Gasteiger partial charge is 0.490 e. The van der Waals surface area contributed by atoms with Crippen LogP contribution in [0.2, 0.25) is 0 Å². The van der Waals surface area contributed by atoms with Gasteiger partial charge in [-0.2, -0.15) is 0 Å². The van der Waals surface area contributed by atoms with E-state index in [9.17, 15) is 0 Å². The number of hydrogen-bond donors (Lipinski definition) is 2. The first kappa shape index (κ1) is 13.3. The van der Waals surface area contributed by atoms with Crippen LogP contribution in [0.25, 0.3) is 0 Å². The zero-order valence-corrected chi connectivity index (χ0v) is 10.5. The Kier molecular flexibility index (Phi) is 4.98. The Morgan fingerprint density at radius 1 is 1.22 bits per heavy atom. The molecule has 2 heterocycles. The molecule has 0 unspecified atom stereocenters. The SMILES string of the molecule is OB(O)c1cncc(OCCN2CCCCC2)c1. The minimum absolute atomic E-state index is 0.352. The molecule has 1 aliphatic rings. The lowest BCUT2D eigenvalue weighted by Gasteiger charge is -2.26. The summed E-state index contributed by atoms with van der Waals surface area (Å²) in [5.41, 5.74) is 0.352. The largest absolute Gasteiger partial charge is 0.491 e. The molecule has 6 heteroatoms. The zero-order chi connectivity index (χ0) is 12.8. The molecule has 1 aromatic heterocycles. The first-order valence-electron chi connectivity index (χ1n) is 6.42. The van der Waals surface area contributed by atoms with E-state index >= 15 is 0 Å². The predicted molar refractivity (Wildman–Crippen MR) is 69.8 cm³/mol. The van der Waals surface area contributed by atoms with Crippen LogP contribution in [-0.4, -0.2) is 53.3 Å². The number of piperidine rings is 1. The van der Waals surface area contributed by atoms with E-state index in [1.165, 1.54) is 25.5 Å². The lowest BCUT2D eigenvalue weighted by Crippen LogP contribution is -2.33. The summed E-state index contributed by atoms with van der Waals surface area (Å²) in [6.07, 6.45) is 6.88. The van der Waals surface area contributed by atoms with E-state index in [1.54, 1.807) is 12.3 Å². The molecular weight excluding hydrogens is 231 g/mol. The Labute approximate surface area is 108 Å². The fourth-order valence-electron chi connectivity index (χ4n) is 2.13. The summed E-state index contributed by atoms with van der Waals surface area (Å²) in [4.78, 5) is 6.30. The molecule has 5 nitrogen and oxygen atoms in total. The van der Waals surface area contributed by atoms with E-state index in [4.69, 9.17) is 14.8 Å². The average Bonchev–Trinajstić information content (AvgIpc) is 2.40. The van der Waals surface area contributed by atoms with Crippen LogP contribution < -0.4 is 10.2 Å². The minimum atomic E-state index is -1.50. The lowest BCUT2D eigenvalue weighted by atomic mass is 9.82. The number of nitrogens with zero attached hydrogens (tertiary/aromatic N) is 2. The van der Waals surface area contributed by atoms with Gasteiger partial charge in [0.1, 0.15) is 12.4 Å². The summed E-state index contributed by atoms with van der Waals surface area (Å²) in [6.45, 7) is 3.81. The van der Waals surface area contributed by atoms with E-state index < -0.39 is 7.12 Å². The normalized spacial score (nSPS) is 16.6. The van der Waals surface area contributed by atoms with Gasteiger partial charge in [-0.1, -0.05) is 6.42 Å². The molecule has 0 aliphatic carbocycles. The molecule has 0 bridgehead atoms. The van der Waals surface area contributed by atoms with Crippen molar-refractivity contribution >= 4 is 12.6 Å². The highest BCUT2D eigenvalue weighted by Gasteiger charge is 2.13. The zero-order valence-electron chi connectivity index (χ0n) is 10.5. The monoisotopic (exact) mass is 250 g/mol. The summed E-state index contributed by atoms with van der Waals surface area (Å²) < 4.78 is 5.57. The first-order valence-corrected chi connectivity index (χ1v) is 6.42. The molecular formula is C12H19BN2O3. The number of hydrogen-bond acceptors (Lipinski definition) is 5. The molecule has 98 valence electrons. The molecule has 2 N–H and O–H groups in total. The van der Waals surface area contributed by atoms with Crippen LogP contribution in [0.4, 0.5) is 0 Å². The van der Waals surface area contributed by atoms with Crippen molar-refractivity contribution in [2.45, 2.75) is 19.3 Å². The van der Waals surface area contributed by atoms with Gasteiger partial charge in [-0.25, -0.2) is 0 Å². The third kappa shape index (κ3) is 3.98. The maximum Gasteiger partial charge on any atom is 0.490 e. The maximum atomic E-state index is 9.03. The minimum Gasteiger partial charge on any atom is -0.491 e. The van der Waals surface area contributed by atoms with Crippen LogP contribution in [0, 0.1) is 0 Å². The fourth-order valence-corrected chi connectivity index (χ4v) is 2.13. The van der Waals surface area contributed by atoms with Gasteiger partial charge in [0.15, 0.2) is 0 Å². The van der Waals surface area contributed by atoms with Crippen molar-refractivity contribution < 1.29 is 14.8 Å². The van der Waals surface area contributed by atoms with Crippen molar-refractivity contribution in [1.29, 1.82) is 0 Å². The molecule has 1 aromatic rings. The Morgan fingerprint density at radius 3 is 2.72 bits per heavy atom. The Bertz CT molecular complexity index is 370. The highest BCUT2D eigenvalue weighted by Crippen LogP contribution is 2.09. The van der Waals surface area contributed by atoms with Gasteiger partial charge in [0.05, 0.1) is 6.20 Å². The van der Waals surface area contributed by atoms with Crippen LogP contribution in [0.5, 0.6) is 5.75 Å². The fraction of sp³-hybridized carbons (Fsp3) is 0.583. The van der Waals surface area contributed by atoms with Crippen LogP contribution in [0.3, 0.4) is 0 Å². The van der Waals surface area contributed by atoms with Gasteiger partial charge in [-0.05, 0) is 32.0 Å². The predicted octanol–water partition coefficient (Wildman–Crippen LogP) is -0.374. The second kappa shape index (κ2) is 6.73. The molecule has 0 saturated carbocycles. The van der Waals surface area contributed by atoms with Gasteiger partial charge >= 0.3 is 7.12 Å². The highest BCUT2D eigenvalue weighted by molar-refractivity contribution is 6.58. The molecule has 0 amide bonds. The van der Waals surface area contributed by atoms with Gasteiger partial charge in [0, 0.05) is 18.2 Å². The van der Waals surface area contributed by atoms with Crippen LogP contribution >= 0.6 is 0 Å². The van der Waals surface area contributed by atoms with Crippen LogP contribution in [0.1, 0.15) is 19.3 Å². The van der Waals surface area contributed by atoms with Gasteiger partial charge in [-0.15, -0.1) is 0 Å². The summed E-state index contributed by atoms with van der Waals surface area (Å²) in [5, 5.41) is 18.1. The standard InChI is InChI=1S/C12H19BN2O3/c16-13(17)11-8-12(10-14-9-11)18-7-6-15-4-2-1-3-5-15/h8-10,16-17H,1-7H2. The molecule has 0 spiro atoms. The number of pyridine rings is 1. The third-order valence-corrected chi connectivity index (χ3v) is 3.16. The van der Waals surface area contributed by atoms with Crippen molar-refractivity contribution in [3.8, 4) is 5.75 Å². The first-order chi connectivity index (χ1) is 8.75. The van der Waals surface area contributed by atoms with Crippen molar-refractivity contribution in [3.05, 3.63) is 18.5 Å². The molecule has 1 saturated heterocycles. The quantitative estimate of drug-likeness (QED) is 0.698. The maximum absolute atomic E-state index is 9.03. The molecule has 2 rings (SSSR count). The van der Waals surface area contributed by atoms with E-state index in [1.807, 2.05) is 0 Å². The summed E-state index contributed by atoms with van der Waals surface area (Å²) >= 11 is 0. The van der Waals surface area contributed by atoms with Gasteiger partial charge in [-0.3, -0.25) is 9.88 Å². The van der Waals surface area contributed by atoms with E-state index in [-0.39, 0.29) is 0 Å². The van der Waals surface area contributed by atoms with Gasteiger partial charge < -0.3 is 14.8 Å². The van der Waals surface area contributed by atoms with E-state index in [2.05, 4.69) is 9.88 Å². The third-order valence-electron chi connectivity index (χ3n) is 3.16. The Hall–Kier alpha value is -1.11. The Morgan fingerprint density at radius 2 is 2.00 bits per heavy atom. The van der Waals surface area contributed by atoms with Crippen LogP contribution in [0.15, 0.2) is 18.5 Å². The molecule has 0 aromatic carbocycles. The molecule has 1 fully saturated rings. The van der Waals surface area contributed by atoms with Gasteiger partial charge in [0.2, 0.25) is 0 Å². The van der Waals surface area contributed by atoms with Crippen LogP contribution in [-0.2, 0) is 0 Å². The van der Waals surface area contributed by atoms with E-state index in [0.717, 1.165) is 19.6 Å². The summed E-state index contributed by atoms with van der Waals surface area (Å²) in [6, 6.07) is 1.61. The molecule has 0 radical (unpaired) electrons. The van der Waals surface area contributed by atoms with Gasteiger partial charge in [0.25, 0.3) is 0 Å². The van der Waals surface area contributed by atoms with Crippen molar-refractivity contribution in [2.75, 3.05) is 26.2 Å². The number of ether oxygens (including phenoxy) is 1. The van der Waals surface area contributed by atoms with Crippen molar-refractivity contribution in [3.63, 3.8) is 0 Å². The average molecular weight is 250 g/mol. The van der Waals surface area contributed by atoms with Crippen molar-refractivity contribution in [1.82, 2.24) is 9.88 Å². The molecule has 1 aliphatic heterocycles. The second-order valence-electron chi connectivity index (χ2n) is 4.58. The Balaban J connectivity index is 1.77. The summed E-state index contributed by atoms with van der Waals surface area (Å²) in [5.74, 6) is 0.581. The topological polar surface area (TPSA) is 65.8 Å². The lowest BCUT2D eigenvalue weighted by molar-refractivity contribution is 0.183. The van der Waals surface area contributed by atoms with E-state index in [0.29, 0.717) is 17.8 Å². The number of rotatable bonds is 5. The number of likely N-dealkylation sites (tertiary alicyclic amines) is 1.